The molecule has 0 atom stereocenters. The maximum Gasteiger partial charge on any atom is 0.149 e. The Bertz CT molecular complexity index is 2170. The Kier molecular flexibility index (Phi) is 8.46. The minimum atomic E-state index is -0.601. The van der Waals surface area contributed by atoms with Gasteiger partial charge in [-0.15, -0.1) is 0 Å². The van der Waals surface area contributed by atoms with Crippen LogP contribution in [0.2, 0.25) is 0 Å². The van der Waals surface area contributed by atoms with E-state index in [0.29, 0.717) is 27.9 Å². The topological polar surface area (TPSA) is 142 Å². The number of benzene rings is 2. The Morgan fingerprint density at radius 2 is 1.00 bits per heavy atom. The van der Waals surface area contributed by atoms with Gasteiger partial charge in [-0.2, -0.15) is 0 Å². The molecule has 11 heteroatoms. The smallest absolute Gasteiger partial charge is 0.149 e. The molecule has 0 aliphatic heterocycles. The van der Waals surface area contributed by atoms with E-state index in [1.165, 1.54) is 19.0 Å². The van der Waals surface area contributed by atoms with Crippen LogP contribution in [0.5, 0.6) is 0 Å². The summed E-state index contributed by atoms with van der Waals surface area (Å²) >= 11 is 0. The van der Waals surface area contributed by atoms with Crippen LogP contribution in [-0.2, 0) is 0 Å². The molecular formula is C37H25FN10. The van der Waals surface area contributed by atoms with Gasteiger partial charge in [-0.25, -0.2) is 39.3 Å². The summed E-state index contributed by atoms with van der Waals surface area (Å²) in [5, 5.41) is 0. The van der Waals surface area contributed by atoms with Crippen molar-refractivity contribution in [3.8, 4) is 67.0 Å². The first kappa shape index (κ1) is 29.8. The van der Waals surface area contributed by atoms with E-state index in [1.54, 1.807) is 61.7 Å². The zero-order valence-electron chi connectivity index (χ0n) is 25.3. The summed E-state index contributed by atoms with van der Waals surface area (Å²) in [6.07, 6.45) is 20.3. The molecule has 5 heterocycles. The van der Waals surface area contributed by atoms with E-state index in [4.69, 9.17) is 10.7 Å². The van der Waals surface area contributed by atoms with E-state index >= 15 is 4.39 Å². The largest absolute Gasteiger partial charge is 0.390 e. The van der Waals surface area contributed by atoms with E-state index in [1.807, 2.05) is 48.5 Å². The summed E-state index contributed by atoms with van der Waals surface area (Å²) in [7, 11) is 0. The van der Waals surface area contributed by atoms with Gasteiger partial charge in [-0.05, 0) is 76.3 Å². The predicted octanol–water partition coefficient (Wildman–Crippen LogP) is 7.10. The lowest BCUT2D eigenvalue weighted by molar-refractivity contribution is 0.758. The Balaban J connectivity index is 1.59. The van der Waals surface area contributed by atoms with Crippen LogP contribution in [0, 0.1) is 0 Å². The first-order valence-electron chi connectivity index (χ1n) is 14.8. The average Bonchev–Trinajstić information content (AvgIpc) is 3.17. The van der Waals surface area contributed by atoms with Crippen LogP contribution in [-0.4, -0.2) is 46.2 Å². The van der Waals surface area contributed by atoms with E-state index in [-0.39, 0.29) is 5.56 Å². The van der Waals surface area contributed by atoms with Gasteiger partial charge in [0, 0.05) is 83.0 Å². The lowest BCUT2D eigenvalue weighted by Gasteiger charge is -2.20. The standard InChI is InChI=1S/C37H25FN10/c38-33(19-40-20-39)32-12-25(11-31(28-17-45-23-46-18-28)37(32)35-6-2-4-8-48-35)24-9-29(26-13-41-21-42-14-26)36(34-5-1-3-7-47-34)30(10-24)27-15-43-22-44-16-27/h1-23H,(H2,39,40)/b33-19-. The predicted molar refractivity (Wildman–Crippen MR) is 183 cm³/mol. The Morgan fingerprint density at radius 3 is 1.44 bits per heavy atom. The van der Waals surface area contributed by atoms with Crippen molar-refractivity contribution < 1.29 is 4.39 Å². The maximum absolute atomic E-state index is 16.2. The SMILES string of the molecule is NC=N/C=C(\F)c1cc(-c2cc(-c3cncnc3)c(-c3ccccn3)c(-c3cncnc3)c2)cc(-c2cncnc2)c1-c1ccccn1. The van der Waals surface area contributed by atoms with Crippen molar-refractivity contribution in [3.63, 3.8) is 0 Å². The third kappa shape index (κ3) is 6.03. The summed E-state index contributed by atoms with van der Waals surface area (Å²) in [6, 6.07) is 19.0. The molecule has 0 unspecified atom stereocenters. The van der Waals surface area contributed by atoms with Gasteiger partial charge >= 0.3 is 0 Å². The minimum absolute atomic E-state index is 0.263. The minimum Gasteiger partial charge on any atom is -0.390 e. The van der Waals surface area contributed by atoms with Gasteiger partial charge in [0.25, 0.3) is 0 Å². The highest BCUT2D eigenvalue weighted by Gasteiger charge is 2.23. The van der Waals surface area contributed by atoms with Gasteiger partial charge in [0.1, 0.15) is 24.8 Å². The lowest BCUT2D eigenvalue weighted by atomic mass is 9.85. The molecule has 0 fully saturated rings. The fraction of sp³-hybridized carbons (Fsp3) is 0. The first-order valence-corrected chi connectivity index (χ1v) is 14.8. The number of hydrogen-bond acceptors (Lipinski definition) is 9. The van der Waals surface area contributed by atoms with Gasteiger partial charge in [0.15, 0.2) is 0 Å². The number of hydrogen-bond donors (Lipinski definition) is 1. The van der Waals surface area contributed by atoms with Gasteiger partial charge in [-0.3, -0.25) is 9.97 Å². The molecule has 7 rings (SSSR count). The van der Waals surface area contributed by atoms with Gasteiger partial charge < -0.3 is 5.73 Å². The highest BCUT2D eigenvalue weighted by molar-refractivity contribution is 5.98. The third-order valence-corrected chi connectivity index (χ3v) is 7.60. The highest BCUT2D eigenvalue weighted by atomic mass is 19.1. The van der Waals surface area contributed by atoms with Crippen molar-refractivity contribution in [2.24, 2.45) is 10.7 Å². The number of aliphatic imine (C=N–C) groups is 1. The quantitative estimate of drug-likeness (QED) is 0.138. The lowest BCUT2D eigenvalue weighted by Crippen LogP contribution is -1.98. The molecule has 10 nitrogen and oxygen atoms in total. The van der Waals surface area contributed by atoms with Crippen LogP contribution in [0.4, 0.5) is 4.39 Å². The molecule has 0 saturated heterocycles. The zero-order valence-corrected chi connectivity index (χ0v) is 25.3. The van der Waals surface area contributed by atoms with Crippen LogP contribution in [0.1, 0.15) is 5.56 Å². The van der Waals surface area contributed by atoms with Crippen molar-refractivity contribution in [2.75, 3.05) is 0 Å². The molecule has 7 aromatic rings. The summed E-state index contributed by atoms with van der Waals surface area (Å²) in [5.74, 6) is -0.601. The molecule has 0 radical (unpaired) electrons. The third-order valence-electron chi connectivity index (χ3n) is 7.60. The zero-order chi connectivity index (χ0) is 32.7. The Morgan fingerprint density at radius 1 is 0.562 bits per heavy atom. The molecular weight excluding hydrogens is 603 g/mol. The van der Waals surface area contributed by atoms with Crippen molar-refractivity contribution in [1.29, 1.82) is 0 Å². The fourth-order valence-corrected chi connectivity index (χ4v) is 5.55. The molecule has 0 amide bonds. The maximum atomic E-state index is 16.2. The summed E-state index contributed by atoms with van der Waals surface area (Å²) in [6.45, 7) is 0. The van der Waals surface area contributed by atoms with E-state index in [9.17, 15) is 0 Å². The van der Waals surface area contributed by atoms with Gasteiger partial charge in [0.2, 0.25) is 0 Å². The molecule has 0 saturated carbocycles. The number of halogens is 1. The molecule has 230 valence electrons. The normalized spacial score (nSPS) is 11.6. The van der Waals surface area contributed by atoms with Crippen LogP contribution in [0.3, 0.4) is 0 Å². The second-order valence-electron chi connectivity index (χ2n) is 10.5. The van der Waals surface area contributed by atoms with Crippen LogP contribution < -0.4 is 5.73 Å². The summed E-state index contributed by atoms with van der Waals surface area (Å²) in [5.41, 5.74) is 14.4. The van der Waals surface area contributed by atoms with Crippen LogP contribution in [0.25, 0.3) is 72.8 Å². The van der Waals surface area contributed by atoms with Crippen molar-refractivity contribution in [2.45, 2.75) is 0 Å². The van der Waals surface area contributed by atoms with Crippen molar-refractivity contribution in [1.82, 2.24) is 39.9 Å². The Labute approximate surface area is 274 Å². The summed E-state index contributed by atoms with van der Waals surface area (Å²) in [4.78, 5) is 38.9. The molecule has 2 aromatic carbocycles. The number of rotatable bonds is 8. The van der Waals surface area contributed by atoms with E-state index in [0.717, 1.165) is 51.6 Å². The van der Waals surface area contributed by atoms with Crippen molar-refractivity contribution >= 4 is 12.2 Å². The van der Waals surface area contributed by atoms with Gasteiger partial charge in [0.05, 0.1) is 23.9 Å². The van der Waals surface area contributed by atoms with Gasteiger partial charge in [-0.1, -0.05) is 12.1 Å². The summed E-state index contributed by atoms with van der Waals surface area (Å²) < 4.78 is 16.2. The molecule has 0 spiro atoms. The molecule has 48 heavy (non-hydrogen) atoms. The molecule has 0 aliphatic rings. The number of aromatic nitrogens is 8. The number of nitrogens with zero attached hydrogens (tertiary/aromatic N) is 9. The second kappa shape index (κ2) is 13.6. The van der Waals surface area contributed by atoms with E-state index < -0.39 is 5.83 Å². The second-order valence-corrected chi connectivity index (χ2v) is 10.5. The number of nitrogens with two attached hydrogens (primary N) is 1. The van der Waals surface area contributed by atoms with Crippen molar-refractivity contribution in [3.05, 3.63) is 141 Å². The average molecular weight is 629 g/mol. The van der Waals surface area contributed by atoms with Crippen LogP contribution in [0.15, 0.2) is 140 Å². The monoisotopic (exact) mass is 628 g/mol. The molecule has 5 aromatic heterocycles. The number of pyridine rings is 2. The fourth-order valence-electron chi connectivity index (χ4n) is 5.55. The molecule has 0 aliphatic carbocycles. The molecule has 2 N–H and O–H groups in total. The molecule has 0 bridgehead atoms. The van der Waals surface area contributed by atoms with E-state index in [2.05, 4.69) is 39.9 Å². The van der Waals surface area contributed by atoms with Crippen LogP contribution >= 0.6 is 0 Å². The first-order chi connectivity index (χ1) is 23.7. The Hall–Kier alpha value is -6.88. The highest BCUT2D eigenvalue weighted by Crippen LogP contribution is 2.45.